The van der Waals surface area contributed by atoms with Crippen molar-refractivity contribution in [3.05, 3.63) is 36.0 Å². The number of aryl methyl sites for hydroxylation is 1. The van der Waals surface area contributed by atoms with Gasteiger partial charge in [-0.1, -0.05) is 0 Å². The number of rotatable bonds is 3. The lowest BCUT2D eigenvalue weighted by Crippen LogP contribution is -2.49. The molecule has 10 nitrogen and oxygen atoms in total. The van der Waals surface area contributed by atoms with E-state index in [0.29, 0.717) is 31.9 Å². The molecule has 0 atom stereocenters. The normalized spacial score (nSPS) is 14.6. The SMILES string of the molecule is Cc1nnc2c(N3CCN(C(=O)c4ccc(N(C)C)nn4)CC3)nccn12. The van der Waals surface area contributed by atoms with E-state index in [-0.39, 0.29) is 5.91 Å². The van der Waals surface area contributed by atoms with Gasteiger partial charge in [0, 0.05) is 52.7 Å². The number of anilines is 2. The van der Waals surface area contributed by atoms with Gasteiger partial charge in [-0.25, -0.2) is 4.98 Å². The van der Waals surface area contributed by atoms with E-state index in [2.05, 4.69) is 30.3 Å². The van der Waals surface area contributed by atoms with Gasteiger partial charge < -0.3 is 14.7 Å². The molecule has 0 aromatic carbocycles. The zero-order valence-electron chi connectivity index (χ0n) is 15.6. The lowest BCUT2D eigenvalue weighted by molar-refractivity contribution is 0.0739. The Labute approximate surface area is 156 Å². The Bertz CT molecular complexity index is 958. The number of nitrogens with zero attached hydrogens (tertiary/aromatic N) is 9. The topological polar surface area (TPSA) is 95.7 Å². The Morgan fingerprint density at radius 3 is 2.48 bits per heavy atom. The van der Waals surface area contributed by atoms with Gasteiger partial charge in [-0.05, 0) is 19.1 Å². The average molecular weight is 367 g/mol. The number of amides is 1. The highest BCUT2D eigenvalue weighted by Gasteiger charge is 2.25. The van der Waals surface area contributed by atoms with Gasteiger partial charge in [-0.3, -0.25) is 9.20 Å². The molecule has 3 aromatic rings. The van der Waals surface area contributed by atoms with Crippen LogP contribution >= 0.6 is 0 Å². The maximum Gasteiger partial charge on any atom is 0.274 e. The average Bonchev–Trinajstić information content (AvgIpc) is 3.09. The van der Waals surface area contributed by atoms with Crippen molar-refractivity contribution >= 4 is 23.2 Å². The van der Waals surface area contributed by atoms with Crippen LogP contribution in [0.5, 0.6) is 0 Å². The van der Waals surface area contributed by atoms with E-state index in [1.165, 1.54) is 0 Å². The lowest BCUT2D eigenvalue weighted by atomic mass is 10.2. The van der Waals surface area contributed by atoms with Gasteiger partial charge in [0.2, 0.25) is 5.65 Å². The Morgan fingerprint density at radius 1 is 1.04 bits per heavy atom. The number of hydrogen-bond donors (Lipinski definition) is 0. The first-order chi connectivity index (χ1) is 13.0. The minimum absolute atomic E-state index is 0.100. The molecule has 4 rings (SSSR count). The molecule has 3 aromatic heterocycles. The molecule has 27 heavy (non-hydrogen) atoms. The summed E-state index contributed by atoms with van der Waals surface area (Å²) in [6.45, 7) is 4.43. The molecule has 1 aliphatic heterocycles. The summed E-state index contributed by atoms with van der Waals surface area (Å²) < 4.78 is 1.92. The molecule has 0 unspecified atom stereocenters. The smallest absolute Gasteiger partial charge is 0.274 e. The summed E-state index contributed by atoms with van der Waals surface area (Å²) in [5, 5.41) is 16.5. The minimum Gasteiger partial charge on any atom is -0.361 e. The Kier molecular flexibility index (Phi) is 4.30. The van der Waals surface area contributed by atoms with Gasteiger partial charge in [-0.2, -0.15) is 0 Å². The maximum atomic E-state index is 12.7. The fraction of sp³-hybridized carbons (Fsp3) is 0.412. The molecule has 140 valence electrons. The molecule has 0 N–H and O–H groups in total. The Balaban J connectivity index is 1.46. The van der Waals surface area contributed by atoms with Crippen LogP contribution < -0.4 is 9.80 Å². The number of piperazine rings is 1. The standard InChI is InChI=1S/C17H21N9O/c1-12-19-22-16-15(18-6-7-26(12)16)24-8-10-25(11-9-24)17(27)13-4-5-14(21-20-13)23(2)3/h4-7H,8-11H2,1-3H3. The second-order valence-corrected chi connectivity index (χ2v) is 6.64. The molecular formula is C17H21N9O. The van der Waals surface area contributed by atoms with Crippen molar-refractivity contribution in [3.63, 3.8) is 0 Å². The molecule has 0 radical (unpaired) electrons. The summed E-state index contributed by atoms with van der Waals surface area (Å²) in [7, 11) is 3.77. The van der Waals surface area contributed by atoms with Crippen LogP contribution in [0, 0.1) is 6.92 Å². The predicted octanol–water partition coefficient (Wildman–Crippen LogP) is 0.251. The van der Waals surface area contributed by atoms with Crippen molar-refractivity contribution < 1.29 is 4.79 Å². The van der Waals surface area contributed by atoms with Gasteiger partial charge in [0.25, 0.3) is 5.91 Å². The van der Waals surface area contributed by atoms with Crippen molar-refractivity contribution in [1.82, 2.24) is 34.7 Å². The first-order valence-corrected chi connectivity index (χ1v) is 8.76. The number of carbonyl (C=O) groups is 1. The quantitative estimate of drug-likeness (QED) is 0.650. The van der Waals surface area contributed by atoms with Gasteiger partial charge in [-0.15, -0.1) is 20.4 Å². The molecule has 1 saturated heterocycles. The van der Waals surface area contributed by atoms with E-state index in [1.807, 2.05) is 36.5 Å². The van der Waals surface area contributed by atoms with E-state index >= 15 is 0 Å². The molecule has 0 spiro atoms. The highest BCUT2D eigenvalue weighted by atomic mass is 16.2. The zero-order chi connectivity index (χ0) is 19.0. The van der Waals surface area contributed by atoms with E-state index in [0.717, 1.165) is 23.1 Å². The van der Waals surface area contributed by atoms with Crippen LogP contribution in [0.1, 0.15) is 16.3 Å². The van der Waals surface area contributed by atoms with Gasteiger partial charge in [0.05, 0.1) is 0 Å². The van der Waals surface area contributed by atoms with Crippen LogP contribution in [0.3, 0.4) is 0 Å². The van der Waals surface area contributed by atoms with Gasteiger partial charge in [0.1, 0.15) is 5.82 Å². The van der Waals surface area contributed by atoms with E-state index < -0.39 is 0 Å². The van der Waals surface area contributed by atoms with Crippen molar-refractivity contribution in [2.45, 2.75) is 6.92 Å². The molecule has 0 aliphatic carbocycles. The van der Waals surface area contributed by atoms with E-state index in [1.54, 1.807) is 23.2 Å². The van der Waals surface area contributed by atoms with Gasteiger partial charge in [0.15, 0.2) is 17.3 Å². The number of aromatic nitrogens is 6. The summed E-state index contributed by atoms with van der Waals surface area (Å²) in [6, 6.07) is 3.52. The first-order valence-electron chi connectivity index (χ1n) is 8.76. The van der Waals surface area contributed by atoms with Crippen LogP contribution in [0.25, 0.3) is 5.65 Å². The summed E-state index contributed by atoms with van der Waals surface area (Å²) in [5.41, 5.74) is 1.10. The van der Waals surface area contributed by atoms with Gasteiger partial charge >= 0.3 is 0 Å². The molecule has 0 saturated carbocycles. The largest absolute Gasteiger partial charge is 0.361 e. The second-order valence-electron chi connectivity index (χ2n) is 6.64. The molecule has 1 fully saturated rings. The monoisotopic (exact) mass is 367 g/mol. The summed E-state index contributed by atoms with van der Waals surface area (Å²) in [4.78, 5) is 22.9. The highest BCUT2D eigenvalue weighted by molar-refractivity contribution is 5.92. The third-order valence-corrected chi connectivity index (χ3v) is 4.67. The Morgan fingerprint density at radius 2 is 1.81 bits per heavy atom. The van der Waals surface area contributed by atoms with Crippen molar-refractivity contribution in [1.29, 1.82) is 0 Å². The van der Waals surface area contributed by atoms with E-state index in [9.17, 15) is 4.79 Å². The van der Waals surface area contributed by atoms with E-state index in [4.69, 9.17) is 0 Å². The molecule has 1 aliphatic rings. The first kappa shape index (κ1) is 17.1. The molecule has 1 amide bonds. The summed E-state index contributed by atoms with van der Waals surface area (Å²) in [6.07, 6.45) is 3.60. The van der Waals surface area contributed by atoms with Crippen LogP contribution in [0.15, 0.2) is 24.5 Å². The summed E-state index contributed by atoms with van der Waals surface area (Å²) >= 11 is 0. The molecular weight excluding hydrogens is 346 g/mol. The fourth-order valence-corrected chi connectivity index (χ4v) is 3.11. The number of hydrogen-bond acceptors (Lipinski definition) is 8. The third-order valence-electron chi connectivity index (χ3n) is 4.67. The number of carbonyl (C=O) groups excluding carboxylic acids is 1. The molecule has 10 heteroatoms. The predicted molar refractivity (Wildman–Crippen MR) is 100.0 cm³/mol. The van der Waals surface area contributed by atoms with Crippen LogP contribution in [0.2, 0.25) is 0 Å². The van der Waals surface area contributed by atoms with Crippen LogP contribution in [-0.2, 0) is 0 Å². The third kappa shape index (κ3) is 3.14. The zero-order valence-corrected chi connectivity index (χ0v) is 15.6. The van der Waals surface area contributed by atoms with Crippen molar-refractivity contribution in [2.24, 2.45) is 0 Å². The number of fused-ring (bicyclic) bond motifs is 1. The van der Waals surface area contributed by atoms with Crippen LogP contribution in [0.4, 0.5) is 11.6 Å². The second kappa shape index (κ2) is 6.78. The Hall–Kier alpha value is -3.30. The molecule has 4 heterocycles. The summed E-state index contributed by atoms with van der Waals surface area (Å²) in [5.74, 6) is 2.23. The van der Waals surface area contributed by atoms with Crippen molar-refractivity contribution in [3.8, 4) is 0 Å². The highest BCUT2D eigenvalue weighted by Crippen LogP contribution is 2.19. The van der Waals surface area contributed by atoms with Crippen molar-refractivity contribution in [2.75, 3.05) is 50.1 Å². The van der Waals surface area contributed by atoms with Crippen LogP contribution in [-0.4, -0.2) is 80.9 Å². The fourth-order valence-electron chi connectivity index (χ4n) is 3.11. The maximum absolute atomic E-state index is 12.7. The lowest BCUT2D eigenvalue weighted by Gasteiger charge is -2.35. The molecule has 0 bridgehead atoms. The minimum atomic E-state index is -0.100.